The van der Waals surface area contributed by atoms with Crippen molar-refractivity contribution in [1.82, 2.24) is 4.90 Å². The molecule has 1 aliphatic heterocycles. The number of cyclic esters (lactones) is 1. The summed E-state index contributed by atoms with van der Waals surface area (Å²) in [6.45, 7) is 0.573. The van der Waals surface area contributed by atoms with E-state index in [2.05, 4.69) is 15.9 Å². The highest BCUT2D eigenvalue weighted by atomic mass is 79.9. The van der Waals surface area contributed by atoms with Crippen LogP contribution in [0.4, 0.5) is 4.79 Å². The summed E-state index contributed by atoms with van der Waals surface area (Å²) >= 11 is 3.40. The summed E-state index contributed by atoms with van der Waals surface area (Å²) < 4.78 is 10.3. The molecule has 0 N–H and O–H groups in total. The number of halogens is 1. The lowest BCUT2D eigenvalue weighted by Gasteiger charge is -2.24. The van der Waals surface area contributed by atoms with Crippen molar-refractivity contribution in [3.05, 3.63) is 35.9 Å². The van der Waals surface area contributed by atoms with Gasteiger partial charge in [-0.05, 0) is 24.8 Å². The molecule has 0 saturated carbocycles. The first-order valence-electron chi connectivity index (χ1n) is 8.26. The molecule has 0 aliphatic carbocycles. The number of hydrogen-bond donors (Lipinski definition) is 0. The SMILES string of the molecule is COC[C@H](CCCCBr)C(=O)N1C(=O)OC[C@H]1Cc1ccccc1. The fourth-order valence-corrected chi connectivity index (χ4v) is 3.32. The monoisotopic (exact) mass is 397 g/mol. The van der Waals surface area contributed by atoms with Crippen molar-refractivity contribution < 1.29 is 19.1 Å². The Kier molecular flexibility index (Phi) is 7.72. The molecule has 1 aromatic carbocycles. The van der Waals surface area contributed by atoms with E-state index >= 15 is 0 Å². The highest BCUT2D eigenvalue weighted by Crippen LogP contribution is 2.22. The van der Waals surface area contributed by atoms with Crippen molar-refractivity contribution in [3.63, 3.8) is 0 Å². The van der Waals surface area contributed by atoms with Crippen LogP contribution in [0.5, 0.6) is 0 Å². The van der Waals surface area contributed by atoms with Crippen LogP contribution in [0, 0.1) is 5.92 Å². The standard InChI is InChI=1S/C18H24BrNO4/c1-23-12-15(9-5-6-10-19)17(21)20-16(13-24-18(20)22)11-14-7-3-2-4-8-14/h2-4,7-8,15-16H,5-6,9-13H2,1H3/t15-,16+/m0/s1. The van der Waals surface area contributed by atoms with E-state index in [-0.39, 0.29) is 24.5 Å². The number of nitrogens with zero attached hydrogens (tertiary/aromatic N) is 1. The number of carbonyl (C=O) groups excluding carboxylic acids is 2. The Hall–Kier alpha value is -1.40. The van der Waals surface area contributed by atoms with E-state index in [0.717, 1.165) is 23.7 Å². The van der Waals surface area contributed by atoms with Crippen molar-refractivity contribution in [2.24, 2.45) is 5.92 Å². The first-order chi connectivity index (χ1) is 11.7. The van der Waals surface area contributed by atoms with Gasteiger partial charge in [-0.25, -0.2) is 9.69 Å². The number of methoxy groups -OCH3 is 1. The summed E-state index contributed by atoms with van der Waals surface area (Å²) in [7, 11) is 1.58. The predicted octanol–water partition coefficient (Wildman–Crippen LogP) is 3.40. The molecule has 132 valence electrons. The summed E-state index contributed by atoms with van der Waals surface area (Å²) in [5, 5.41) is 0.906. The number of hydrogen-bond acceptors (Lipinski definition) is 4. The molecule has 2 rings (SSSR count). The Morgan fingerprint density at radius 2 is 2.12 bits per heavy atom. The van der Waals surface area contributed by atoms with Crippen molar-refractivity contribution in [2.45, 2.75) is 31.7 Å². The molecule has 2 atom stereocenters. The molecule has 0 aromatic heterocycles. The molecule has 1 saturated heterocycles. The third-order valence-corrected chi connectivity index (χ3v) is 4.73. The largest absolute Gasteiger partial charge is 0.447 e. The highest BCUT2D eigenvalue weighted by Gasteiger charge is 2.40. The van der Waals surface area contributed by atoms with Gasteiger partial charge in [0.25, 0.3) is 0 Å². The van der Waals surface area contributed by atoms with E-state index in [1.807, 2.05) is 30.3 Å². The molecular weight excluding hydrogens is 374 g/mol. The van der Waals surface area contributed by atoms with Crippen LogP contribution >= 0.6 is 15.9 Å². The lowest BCUT2D eigenvalue weighted by Crippen LogP contribution is -2.44. The minimum absolute atomic E-state index is 0.185. The van der Waals surface area contributed by atoms with Gasteiger partial charge in [0.1, 0.15) is 6.61 Å². The van der Waals surface area contributed by atoms with Crippen LogP contribution in [0.25, 0.3) is 0 Å². The van der Waals surface area contributed by atoms with Gasteiger partial charge >= 0.3 is 6.09 Å². The average molecular weight is 398 g/mol. The van der Waals surface area contributed by atoms with E-state index in [1.54, 1.807) is 7.11 Å². The highest BCUT2D eigenvalue weighted by molar-refractivity contribution is 9.09. The van der Waals surface area contributed by atoms with Gasteiger partial charge in [0, 0.05) is 12.4 Å². The maximum atomic E-state index is 12.9. The van der Waals surface area contributed by atoms with Gasteiger partial charge in [-0.1, -0.05) is 52.7 Å². The van der Waals surface area contributed by atoms with E-state index in [0.29, 0.717) is 19.4 Å². The first kappa shape index (κ1) is 18.9. The van der Waals surface area contributed by atoms with Crippen LogP contribution in [0.3, 0.4) is 0 Å². The topological polar surface area (TPSA) is 55.8 Å². The number of unbranched alkanes of at least 4 members (excludes halogenated alkanes) is 1. The molecule has 0 spiro atoms. The van der Waals surface area contributed by atoms with Gasteiger partial charge in [-0.3, -0.25) is 4.79 Å². The van der Waals surface area contributed by atoms with Gasteiger partial charge in [-0.15, -0.1) is 0 Å². The summed E-state index contributed by atoms with van der Waals surface area (Å²) in [4.78, 5) is 26.3. The zero-order chi connectivity index (χ0) is 17.4. The molecule has 1 fully saturated rings. The van der Waals surface area contributed by atoms with Crippen LogP contribution in [0.15, 0.2) is 30.3 Å². The molecule has 2 amide bonds. The molecular formula is C18H24BrNO4. The van der Waals surface area contributed by atoms with Crippen LogP contribution < -0.4 is 0 Å². The minimum Gasteiger partial charge on any atom is -0.447 e. The second-order valence-corrected chi connectivity index (χ2v) is 6.76. The maximum absolute atomic E-state index is 12.9. The van der Waals surface area contributed by atoms with Crippen LogP contribution in [0.2, 0.25) is 0 Å². The second-order valence-electron chi connectivity index (χ2n) is 5.97. The zero-order valence-electron chi connectivity index (χ0n) is 13.9. The number of ether oxygens (including phenoxy) is 2. The molecule has 6 heteroatoms. The van der Waals surface area contributed by atoms with Crippen molar-refractivity contribution in [2.75, 3.05) is 25.7 Å². The van der Waals surface area contributed by atoms with Crippen LogP contribution in [-0.4, -0.2) is 48.6 Å². The Balaban J connectivity index is 2.06. The normalized spacial score (nSPS) is 18.5. The number of imide groups is 1. The second kappa shape index (κ2) is 9.79. The van der Waals surface area contributed by atoms with Crippen LogP contribution in [-0.2, 0) is 20.7 Å². The summed E-state index contributed by atoms with van der Waals surface area (Å²) in [5.74, 6) is -0.493. The molecule has 0 unspecified atom stereocenters. The Morgan fingerprint density at radius 3 is 2.79 bits per heavy atom. The van der Waals surface area contributed by atoms with Gasteiger partial charge in [-0.2, -0.15) is 0 Å². The third-order valence-electron chi connectivity index (χ3n) is 4.17. The third kappa shape index (κ3) is 5.05. The summed E-state index contributed by atoms with van der Waals surface area (Å²) in [6, 6.07) is 9.59. The number of rotatable bonds is 9. The first-order valence-corrected chi connectivity index (χ1v) is 9.38. The van der Waals surface area contributed by atoms with Crippen LogP contribution in [0.1, 0.15) is 24.8 Å². The van der Waals surface area contributed by atoms with E-state index in [4.69, 9.17) is 9.47 Å². The predicted molar refractivity (Wildman–Crippen MR) is 95.1 cm³/mol. The molecule has 24 heavy (non-hydrogen) atoms. The van der Waals surface area contributed by atoms with Crippen molar-refractivity contribution in [1.29, 1.82) is 0 Å². The van der Waals surface area contributed by atoms with E-state index in [9.17, 15) is 9.59 Å². The Morgan fingerprint density at radius 1 is 1.38 bits per heavy atom. The quantitative estimate of drug-likeness (QED) is 0.473. The lowest BCUT2D eigenvalue weighted by atomic mass is 9.99. The number of amides is 2. The number of alkyl halides is 1. The lowest BCUT2D eigenvalue weighted by molar-refractivity contribution is -0.135. The van der Waals surface area contributed by atoms with E-state index in [1.165, 1.54) is 4.90 Å². The molecule has 1 aromatic rings. The fourth-order valence-electron chi connectivity index (χ4n) is 2.93. The Labute approximate surface area is 151 Å². The molecule has 1 heterocycles. The van der Waals surface area contributed by atoms with Gasteiger partial charge in [0.05, 0.1) is 18.6 Å². The molecule has 1 aliphatic rings. The molecule has 5 nitrogen and oxygen atoms in total. The summed E-state index contributed by atoms with van der Waals surface area (Å²) in [5.41, 5.74) is 1.08. The van der Waals surface area contributed by atoms with Crippen molar-refractivity contribution in [3.8, 4) is 0 Å². The minimum atomic E-state index is -0.539. The molecule has 0 radical (unpaired) electrons. The molecule has 0 bridgehead atoms. The smallest absolute Gasteiger partial charge is 0.416 e. The number of carbonyl (C=O) groups is 2. The van der Waals surface area contributed by atoms with Gasteiger partial charge < -0.3 is 9.47 Å². The van der Waals surface area contributed by atoms with E-state index < -0.39 is 6.09 Å². The van der Waals surface area contributed by atoms with Crippen molar-refractivity contribution >= 4 is 27.9 Å². The Bertz CT molecular complexity index is 537. The fraction of sp³-hybridized carbons (Fsp3) is 0.556. The van der Waals surface area contributed by atoms with Gasteiger partial charge in [0.15, 0.2) is 0 Å². The summed E-state index contributed by atoms with van der Waals surface area (Å²) in [6.07, 6.45) is 2.69. The number of benzene rings is 1. The maximum Gasteiger partial charge on any atom is 0.416 e. The average Bonchev–Trinajstić information content (AvgIpc) is 2.95. The zero-order valence-corrected chi connectivity index (χ0v) is 15.5. The van der Waals surface area contributed by atoms with Gasteiger partial charge in [0.2, 0.25) is 5.91 Å².